The average molecular weight is 176 g/mol. The largest absolute Gasteiger partial charge is 0.122 e. The van der Waals surface area contributed by atoms with Gasteiger partial charge in [0.25, 0.3) is 0 Å². The SMILES string of the molecule is CC1CCC(S(C)=S)CC1. The maximum absolute atomic E-state index is 5.27. The van der Waals surface area contributed by atoms with Crippen LogP contribution in [0.2, 0.25) is 0 Å². The summed E-state index contributed by atoms with van der Waals surface area (Å²) in [6.45, 7) is 2.35. The van der Waals surface area contributed by atoms with Crippen molar-refractivity contribution >= 4 is 20.6 Å². The molecule has 2 heteroatoms. The van der Waals surface area contributed by atoms with Gasteiger partial charge in [0.05, 0.1) is 0 Å². The van der Waals surface area contributed by atoms with Gasteiger partial charge in [-0.05, 0) is 37.9 Å². The van der Waals surface area contributed by atoms with Gasteiger partial charge in [-0.3, -0.25) is 0 Å². The van der Waals surface area contributed by atoms with E-state index in [0.29, 0.717) is 0 Å². The van der Waals surface area contributed by atoms with E-state index in [0.717, 1.165) is 11.2 Å². The fraction of sp³-hybridized carbons (Fsp3) is 1.00. The highest BCUT2D eigenvalue weighted by atomic mass is 32.8. The van der Waals surface area contributed by atoms with E-state index in [1.54, 1.807) is 0 Å². The van der Waals surface area contributed by atoms with E-state index in [9.17, 15) is 0 Å². The van der Waals surface area contributed by atoms with Crippen molar-refractivity contribution in [3.05, 3.63) is 0 Å². The topological polar surface area (TPSA) is 0 Å². The van der Waals surface area contributed by atoms with Gasteiger partial charge in [0, 0.05) is 5.25 Å². The summed E-state index contributed by atoms with van der Waals surface area (Å²) in [7, 11) is 0.266. The Kier molecular flexibility index (Phi) is 3.31. The Labute approximate surface area is 71.0 Å². The lowest BCUT2D eigenvalue weighted by molar-refractivity contribution is 0.393. The summed E-state index contributed by atoms with van der Waals surface area (Å²) < 4.78 is 0. The zero-order valence-corrected chi connectivity index (χ0v) is 8.43. The van der Waals surface area contributed by atoms with E-state index in [2.05, 4.69) is 13.2 Å². The van der Waals surface area contributed by atoms with Crippen molar-refractivity contribution in [2.75, 3.05) is 6.26 Å². The molecule has 10 heavy (non-hydrogen) atoms. The summed E-state index contributed by atoms with van der Waals surface area (Å²) in [6.07, 6.45) is 7.82. The Morgan fingerprint density at radius 2 is 1.70 bits per heavy atom. The number of hydrogen-bond donors (Lipinski definition) is 0. The van der Waals surface area contributed by atoms with Crippen LogP contribution >= 0.6 is 0 Å². The van der Waals surface area contributed by atoms with Crippen molar-refractivity contribution in [3.63, 3.8) is 0 Å². The van der Waals surface area contributed by atoms with Gasteiger partial charge in [-0.25, -0.2) is 0 Å². The number of rotatable bonds is 1. The molecular formula is C8H16S2. The van der Waals surface area contributed by atoms with Crippen LogP contribution in [0, 0.1) is 5.92 Å². The first-order chi connectivity index (χ1) is 4.70. The first kappa shape index (κ1) is 8.66. The third-order valence-electron chi connectivity index (χ3n) is 2.43. The quantitative estimate of drug-likeness (QED) is 0.590. The van der Waals surface area contributed by atoms with E-state index in [1.165, 1.54) is 25.7 Å². The molecule has 0 aromatic rings. The molecule has 0 nitrogen and oxygen atoms in total. The predicted octanol–water partition coefficient (Wildman–Crippen LogP) is 2.28. The van der Waals surface area contributed by atoms with Crippen molar-refractivity contribution in [3.8, 4) is 0 Å². The Hall–Kier alpha value is 0.570. The zero-order valence-electron chi connectivity index (χ0n) is 6.80. The molecule has 1 saturated carbocycles. The second-order valence-corrected chi connectivity index (χ2v) is 6.62. The van der Waals surface area contributed by atoms with Gasteiger partial charge >= 0.3 is 0 Å². The van der Waals surface area contributed by atoms with Crippen molar-refractivity contribution in [2.45, 2.75) is 37.9 Å². The van der Waals surface area contributed by atoms with Crippen LogP contribution in [0.25, 0.3) is 0 Å². The molecule has 0 heterocycles. The molecule has 0 saturated heterocycles. The van der Waals surface area contributed by atoms with E-state index in [-0.39, 0.29) is 9.45 Å². The molecule has 0 spiro atoms. The minimum atomic E-state index is 0.266. The maximum atomic E-state index is 5.27. The van der Waals surface area contributed by atoms with Crippen molar-refractivity contribution in [2.24, 2.45) is 5.92 Å². The highest BCUT2D eigenvalue weighted by Gasteiger charge is 2.18. The Bertz CT molecular complexity index is 123. The van der Waals surface area contributed by atoms with E-state index in [4.69, 9.17) is 11.2 Å². The third kappa shape index (κ3) is 2.31. The van der Waals surface area contributed by atoms with Gasteiger partial charge in [-0.1, -0.05) is 18.1 Å². The van der Waals surface area contributed by atoms with Crippen LogP contribution in [0.3, 0.4) is 0 Å². The molecule has 1 unspecified atom stereocenters. The van der Waals surface area contributed by atoms with E-state index < -0.39 is 0 Å². The minimum Gasteiger partial charge on any atom is -0.122 e. The van der Waals surface area contributed by atoms with Gasteiger partial charge in [0.15, 0.2) is 0 Å². The van der Waals surface area contributed by atoms with Crippen molar-refractivity contribution in [1.82, 2.24) is 0 Å². The first-order valence-corrected chi connectivity index (χ1v) is 6.64. The maximum Gasteiger partial charge on any atom is 0.00909 e. The van der Waals surface area contributed by atoms with Gasteiger partial charge in [-0.2, -0.15) is 0 Å². The summed E-state index contributed by atoms with van der Waals surface area (Å²) in [5.41, 5.74) is 0. The Morgan fingerprint density at radius 1 is 1.20 bits per heavy atom. The fourth-order valence-electron chi connectivity index (χ4n) is 1.56. The standard InChI is InChI=1S/C8H16S2/c1-7-3-5-8(6-4-7)10(2)9/h7-8H,3-6H2,1-2H3. The van der Waals surface area contributed by atoms with Crippen LogP contribution in [-0.4, -0.2) is 11.5 Å². The molecule has 1 aliphatic rings. The molecule has 0 amide bonds. The summed E-state index contributed by atoms with van der Waals surface area (Å²) in [4.78, 5) is 0. The highest BCUT2D eigenvalue weighted by molar-refractivity contribution is 8.28. The van der Waals surface area contributed by atoms with E-state index in [1.807, 2.05) is 0 Å². The normalized spacial score (nSPS) is 37.4. The van der Waals surface area contributed by atoms with Crippen LogP contribution in [0.4, 0.5) is 0 Å². The lowest BCUT2D eigenvalue weighted by atomic mass is 9.91. The third-order valence-corrected chi connectivity index (χ3v) is 4.66. The monoisotopic (exact) mass is 176 g/mol. The van der Waals surface area contributed by atoms with Crippen LogP contribution in [0.5, 0.6) is 0 Å². The lowest BCUT2D eigenvalue weighted by Gasteiger charge is -2.25. The Morgan fingerprint density at radius 3 is 2.10 bits per heavy atom. The predicted molar refractivity (Wildman–Crippen MR) is 52.1 cm³/mol. The molecule has 1 atom stereocenters. The highest BCUT2D eigenvalue weighted by Crippen LogP contribution is 2.26. The average Bonchev–Trinajstić information content (AvgIpc) is 1.88. The molecule has 1 rings (SSSR count). The summed E-state index contributed by atoms with van der Waals surface area (Å²) in [6, 6.07) is 0. The molecule has 1 aliphatic carbocycles. The second kappa shape index (κ2) is 3.82. The van der Waals surface area contributed by atoms with Crippen LogP contribution < -0.4 is 0 Å². The lowest BCUT2D eigenvalue weighted by Crippen LogP contribution is -2.20. The first-order valence-electron chi connectivity index (χ1n) is 4.02. The molecular weight excluding hydrogens is 160 g/mol. The molecule has 0 radical (unpaired) electrons. The molecule has 60 valence electrons. The molecule has 0 aliphatic heterocycles. The molecule has 0 N–H and O–H groups in total. The minimum absolute atomic E-state index is 0.266. The van der Waals surface area contributed by atoms with Crippen LogP contribution in [-0.2, 0) is 20.6 Å². The van der Waals surface area contributed by atoms with Crippen LogP contribution in [0.1, 0.15) is 32.6 Å². The summed E-state index contributed by atoms with van der Waals surface area (Å²) in [5, 5.41) is 0.881. The van der Waals surface area contributed by atoms with Crippen molar-refractivity contribution in [1.29, 1.82) is 0 Å². The van der Waals surface area contributed by atoms with Gasteiger partial charge < -0.3 is 0 Å². The van der Waals surface area contributed by atoms with Crippen molar-refractivity contribution < 1.29 is 0 Å². The fourth-order valence-corrected chi connectivity index (χ4v) is 3.07. The Balaban J connectivity index is 2.33. The van der Waals surface area contributed by atoms with Gasteiger partial charge in [0.2, 0.25) is 0 Å². The molecule has 0 bridgehead atoms. The van der Waals surface area contributed by atoms with Gasteiger partial charge in [0.1, 0.15) is 0 Å². The summed E-state index contributed by atoms with van der Waals surface area (Å²) >= 11 is 5.27. The molecule has 0 aromatic carbocycles. The van der Waals surface area contributed by atoms with Gasteiger partial charge in [-0.15, -0.1) is 9.45 Å². The zero-order chi connectivity index (χ0) is 7.56. The summed E-state index contributed by atoms with van der Waals surface area (Å²) in [5.74, 6) is 0.967. The van der Waals surface area contributed by atoms with Crippen LogP contribution in [0.15, 0.2) is 0 Å². The number of hydrogen-bond acceptors (Lipinski definition) is 1. The van der Waals surface area contributed by atoms with E-state index >= 15 is 0 Å². The molecule has 1 fully saturated rings. The smallest absolute Gasteiger partial charge is 0.00909 e. The molecule has 0 aromatic heterocycles. The second-order valence-electron chi connectivity index (χ2n) is 3.38.